The molecule has 1 amide bonds. The van der Waals surface area contributed by atoms with Gasteiger partial charge in [-0.25, -0.2) is 8.42 Å². The van der Waals surface area contributed by atoms with Gasteiger partial charge in [-0.15, -0.1) is 0 Å². The maximum absolute atomic E-state index is 13.2. The molecule has 2 aliphatic heterocycles. The number of methoxy groups -OCH3 is 2. The second kappa shape index (κ2) is 9.36. The van der Waals surface area contributed by atoms with E-state index in [4.69, 9.17) is 9.47 Å². The highest BCUT2D eigenvalue weighted by molar-refractivity contribution is 7.89. The first kappa shape index (κ1) is 23.9. The molecule has 2 fully saturated rings. The normalized spacial score (nSPS) is 21.3. The Morgan fingerprint density at radius 1 is 1.03 bits per heavy atom. The van der Waals surface area contributed by atoms with Crippen molar-refractivity contribution in [3.8, 4) is 11.5 Å². The van der Waals surface area contributed by atoms with Crippen molar-refractivity contribution in [1.29, 1.82) is 0 Å². The zero-order valence-corrected chi connectivity index (χ0v) is 20.2. The number of hydrogen-bond acceptors (Lipinski definition) is 5. The maximum atomic E-state index is 13.2. The summed E-state index contributed by atoms with van der Waals surface area (Å²) in [6.07, 6.45) is 4.24. The Balaban J connectivity index is 1.65. The fraction of sp³-hybridized carbons (Fsp3) is 0.696. The van der Waals surface area contributed by atoms with Gasteiger partial charge in [0.05, 0.1) is 19.1 Å². The van der Waals surface area contributed by atoms with Gasteiger partial charge in [0, 0.05) is 37.7 Å². The number of carbonyl (C=O) groups excluding carboxylic acids is 1. The number of benzene rings is 1. The van der Waals surface area contributed by atoms with Crippen molar-refractivity contribution >= 4 is 15.9 Å². The molecule has 7 nitrogen and oxygen atoms in total. The Bertz CT molecular complexity index is 886. The van der Waals surface area contributed by atoms with Crippen LogP contribution in [0.5, 0.6) is 11.5 Å². The van der Waals surface area contributed by atoms with E-state index in [0.29, 0.717) is 43.5 Å². The summed E-state index contributed by atoms with van der Waals surface area (Å²) in [5.41, 5.74) is 0.185. The molecule has 0 aromatic heterocycles. The first-order valence-corrected chi connectivity index (χ1v) is 12.5. The lowest BCUT2D eigenvalue weighted by atomic mass is 9.86. The summed E-state index contributed by atoms with van der Waals surface area (Å²) in [5, 5.41) is 0. The highest BCUT2D eigenvalue weighted by Crippen LogP contribution is 2.34. The molecule has 2 heterocycles. The van der Waals surface area contributed by atoms with Crippen LogP contribution in [0.2, 0.25) is 0 Å². The van der Waals surface area contributed by atoms with Crippen molar-refractivity contribution in [2.75, 3.05) is 33.9 Å². The highest BCUT2D eigenvalue weighted by Gasteiger charge is 2.38. The zero-order chi connectivity index (χ0) is 22.8. The van der Waals surface area contributed by atoms with E-state index in [0.717, 1.165) is 25.8 Å². The largest absolute Gasteiger partial charge is 0.493 e. The molecular weight excluding hydrogens is 416 g/mol. The molecule has 0 aliphatic carbocycles. The van der Waals surface area contributed by atoms with Crippen LogP contribution in [0.4, 0.5) is 0 Å². The monoisotopic (exact) mass is 452 g/mol. The van der Waals surface area contributed by atoms with Gasteiger partial charge in [0.2, 0.25) is 15.9 Å². The number of nitrogens with zero attached hydrogens (tertiary/aromatic N) is 2. The van der Waals surface area contributed by atoms with Gasteiger partial charge >= 0.3 is 0 Å². The van der Waals surface area contributed by atoms with Crippen molar-refractivity contribution in [3.63, 3.8) is 0 Å². The Kier molecular flexibility index (Phi) is 7.21. The lowest BCUT2D eigenvalue weighted by molar-refractivity contribution is -0.138. The fourth-order valence-electron chi connectivity index (χ4n) is 4.75. The minimum absolute atomic E-state index is 0.0996. The molecule has 0 N–H and O–H groups in total. The summed E-state index contributed by atoms with van der Waals surface area (Å²) in [6, 6.07) is 4.94. The van der Waals surface area contributed by atoms with Gasteiger partial charge in [-0.05, 0) is 49.7 Å². The molecule has 0 saturated carbocycles. The molecule has 2 saturated heterocycles. The SMILES string of the molecule is COc1ccc(S(=O)(=O)N2CCC(C(=O)N3CCCC3CC(C)(C)C)CC2)cc1OC. The number of sulfonamides is 1. The van der Waals surface area contributed by atoms with Crippen molar-refractivity contribution < 1.29 is 22.7 Å². The van der Waals surface area contributed by atoms with E-state index in [1.165, 1.54) is 30.7 Å². The number of amides is 1. The highest BCUT2D eigenvalue weighted by atomic mass is 32.2. The second-order valence-electron chi connectivity index (χ2n) is 9.79. The zero-order valence-electron chi connectivity index (χ0n) is 19.4. The van der Waals surface area contributed by atoms with Crippen LogP contribution >= 0.6 is 0 Å². The number of hydrogen-bond donors (Lipinski definition) is 0. The Hall–Kier alpha value is -1.80. The molecule has 2 aliphatic rings. The molecule has 1 aromatic carbocycles. The Morgan fingerprint density at radius 2 is 1.68 bits per heavy atom. The quantitative estimate of drug-likeness (QED) is 0.660. The fourth-order valence-corrected chi connectivity index (χ4v) is 6.23. The van der Waals surface area contributed by atoms with Crippen LogP contribution in [0.15, 0.2) is 23.1 Å². The molecule has 0 spiro atoms. The molecule has 1 atom stereocenters. The van der Waals surface area contributed by atoms with Crippen molar-refractivity contribution in [2.24, 2.45) is 11.3 Å². The van der Waals surface area contributed by atoms with Crippen LogP contribution in [0, 0.1) is 11.3 Å². The van der Waals surface area contributed by atoms with Gasteiger partial charge in [-0.3, -0.25) is 4.79 Å². The minimum atomic E-state index is -3.65. The number of ether oxygens (including phenoxy) is 2. The summed E-state index contributed by atoms with van der Waals surface area (Å²) in [5.74, 6) is 0.973. The average Bonchev–Trinajstić information content (AvgIpc) is 3.18. The number of likely N-dealkylation sites (tertiary alicyclic amines) is 1. The van der Waals surface area contributed by atoms with Crippen LogP contribution in [-0.4, -0.2) is 63.4 Å². The van der Waals surface area contributed by atoms with Crippen LogP contribution in [0.25, 0.3) is 0 Å². The van der Waals surface area contributed by atoms with Crippen LogP contribution in [0.3, 0.4) is 0 Å². The van der Waals surface area contributed by atoms with Crippen LogP contribution in [-0.2, 0) is 14.8 Å². The third-order valence-electron chi connectivity index (χ3n) is 6.30. The van der Waals surface area contributed by atoms with Crippen molar-refractivity contribution in [3.05, 3.63) is 18.2 Å². The van der Waals surface area contributed by atoms with Gasteiger partial charge in [-0.1, -0.05) is 20.8 Å². The van der Waals surface area contributed by atoms with E-state index in [9.17, 15) is 13.2 Å². The van der Waals surface area contributed by atoms with E-state index < -0.39 is 10.0 Å². The molecular formula is C23H36N2O5S. The molecule has 31 heavy (non-hydrogen) atoms. The Morgan fingerprint density at radius 3 is 2.26 bits per heavy atom. The predicted molar refractivity (Wildman–Crippen MR) is 120 cm³/mol. The van der Waals surface area contributed by atoms with Crippen LogP contribution < -0.4 is 9.47 Å². The third-order valence-corrected chi connectivity index (χ3v) is 8.20. The summed E-state index contributed by atoms with van der Waals surface area (Å²) < 4.78 is 38.2. The maximum Gasteiger partial charge on any atom is 0.243 e. The molecule has 174 valence electrons. The van der Waals surface area contributed by atoms with E-state index >= 15 is 0 Å². The molecule has 0 radical (unpaired) electrons. The summed E-state index contributed by atoms with van der Waals surface area (Å²) in [7, 11) is -0.653. The summed E-state index contributed by atoms with van der Waals surface area (Å²) >= 11 is 0. The Labute approximate surface area is 186 Å². The smallest absolute Gasteiger partial charge is 0.243 e. The van der Waals surface area contributed by atoms with Crippen LogP contribution in [0.1, 0.15) is 52.9 Å². The second-order valence-corrected chi connectivity index (χ2v) is 11.7. The van der Waals surface area contributed by atoms with E-state index in [1.807, 2.05) is 0 Å². The molecule has 1 unspecified atom stereocenters. The first-order chi connectivity index (χ1) is 14.6. The van der Waals surface area contributed by atoms with Gasteiger partial charge in [-0.2, -0.15) is 4.31 Å². The third kappa shape index (κ3) is 5.34. The van der Waals surface area contributed by atoms with E-state index in [-0.39, 0.29) is 22.1 Å². The van der Waals surface area contributed by atoms with Gasteiger partial charge in [0.25, 0.3) is 0 Å². The number of rotatable bonds is 6. The summed E-state index contributed by atoms with van der Waals surface area (Å²) in [6.45, 7) is 8.17. The predicted octanol–water partition coefficient (Wildman–Crippen LogP) is 3.53. The van der Waals surface area contributed by atoms with E-state index in [1.54, 1.807) is 6.07 Å². The lowest BCUT2D eigenvalue weighted by Gasteiger charge is -2.36. The van der Waals surface area contributed by atoms with Crippen molar-refractivity contribution in [2.45, 2.75) is 63.8 Å². The first-order valence-electron chi connectivity index (χ1n) is 11.1. The molecule has 1 aromatic rings. The molecule has 0 bridgehead atoms. The topological polar surface area (TPSA) is 76.2 Å². The van der Waals surface area contributed by atoms with Gasteiger partial charge in [0.15, 0.2) is 11.5 Å². The van der Waals surface area contributed by atoms with E-state index in [2.05, 4.69) is 25.7 Å². The molecule has 8 heteroatoms. The summed E-state index contributed by atoms with van der Waals surface area (Å²) in [4.78, 5) is 15.4. The number of piperidine rings is 1. The average molecular weight is 453 g/mol. The standard InChI is InChI=1S/C23H36N2O5S/c1-23(2,3)16-18-7-6-12-25(18)22(26)17-10-13-24(14-11-17)31(27,28)19-8-9-20(29-4)21(15-19)30-5/h8-9,15,17-18H,6-7,10-14,16H2,1-5H3. The minimum Gasteiger partial charge on any atom is -0.493 e. The molecule has 3 rings (SSSR count). The van der Waals surface area contributed by atoms with Gasteiger partial charge < -0.3 is 14.4 Å². The number of carbonyl (C=O) groups is 1. The van der Waals surface area contributed by atoms with Gasteiger partial charge in [0.1, 0.15) is 0 Å². The lowest BCUT2D eigenvalue weighted by Crippen LogP contribution is -2.46. The van der Waals surface area contributed by atoms with Crippen molar-refractivity contribution in [1.82, 2.24) is 9.21 Å².